The molecule has 1 aliphatic rings. The first kappa shape index (κ1) is 35.0. The minimum absolute atomic E-state index is 0.0150. The van der Waals surface area contributed by atoms with Gasteiger partial charge in [0.2, 0.25) is 11.8 Å². The average Bonchev–Trinajstić information content (AvgIpc) is 3.57. The third kappa shape index (κ3) is 8.96. The van der Waals surface area contributed by atoms with Crippen LogP contribution in [0.15, 0.2) is 106 Å². The molecule has 4 aromatic rings. The summed E-state index contributed by atoms with van der Waals surface area (Å²) in [7, 11) is -4.25. The van der Waals surface area contributed by atoms with Gasteiger partial charge in [-0.15, -0.1) is 0 Å². The van der Waals surface area contributed by atoms with Crippen molar-refractivity contribution in [3.63, 3.8) is 0 Å². The van der Waals surface area contributed by atoms with Crippen LogP contribution in [0.4, 0.5) is 5.69 Å². The summed E-state index contributed by atoms with van der Waals surface area (Å²) in [6.07, 6.45) is 4.07. The normalized spacial score (nSPS) is 14.0. The van der Waals surface area contributed by atoms with E-state index in [1.165, 1.54) is 35.2 Å². The van der Waals surface area contributed by atoms with Gasteiger partial charge in [-0.25, -0.2) is 8.42 Å². The summed E-state index contributed by atoms with van der Waals surface area (Å²) in [6, 6.07) is 27.0. The molecule has 0 aliphatic heterocycles. The summed E-state index contributed by atoms with van der Waals surface area (Å²) < 4.78 is 30.3. The van der Waals surface area contributed by atoms with Gasteiger partial charge in [-0.2, -0.15) is 0 Å². The molecule has 47 heavy (non-hydrogen) atoms. The van der Waals surface area contributed by atoms with Gasteiger partial charge in [0.15, 0.2) is 0 Å². The van der Waals surface area contributed by atoms with Gasteiger partial charge in [-0.1, -0.05) is 112 Å². The Morgan fingerprint density at radius 2 is 1.53 bits per heavy atom. The van der Waals surface area contributed by atoms with Gasteiger partial charge in [-0.3, -0.25) is 13.9 Å². The zero-order chi connectivity index (χ0) is 33.6. The maximum Gasteiger partial charge on any atom is 0.264 e. The number of halogens is 3. The van der Waals surface area contributed by atoms with E-state index < -0.39 is 28.5 Å². The highest BCUT2D eigenvalue weighted by Crippen LogP contribution is 2.31. The summed E-state index contributed by atoms with van der Waals surface area (Å²) in [5, 5.41) is 3.58. The molecule has 4 aromatic carbocycles. The number of nitrogens with zero attached hydrogens (tertiary/aromatic N) is 2. The van der Waals surface area contributed by atoms with Crippen molar-refractivity contribution in [2.75, 3.05) is 10.8 Å². The molecule has 0 unspecified atom stereocenters. The van der Waals surface area contributed by atoms with E-state index in [0.717, 1.165) is 51.2 Å². The number of aryl methyl sites for hydroxylation is 1. The van der Waals surface area contributed by atoms with E-state index in [4.69, 9.17) is 23.2 Å². The van der Waals surface area contributed by atoms with Crippen LogP contribution in [0.5, 0.6) is 0 Å². The first-order valence-corrected chi connectivity index (χ1v) is 18.4. The first-order valence-electron chi connectivity index (χ1n) is 15.4. The van der Waals surface area contributed by atoms with Crippen LogP contribution in [0.1, 0.15) is 42.4 Å². The van der Waals surface area contributed by atoms with Crippen molar-refractivity contribution < 1.29 is 18.0 Å². The van der Waals surface area contributed by atoms with Gasteiger partial charge < -0.3 is 10.2 Å². The molecule has 0 bridgehead atoms. The minimum Gasteiger partial charge on any atom is -0.352 e. The van der Waals surface area contributed by atoms with Gasteiger partial charge >= 0.3 is 0 Å². The first-order chi connectivity index (χ1) is 22.5. The number of sulfonamides is 1. The fourth-order valence-corrected chi connectivity index (χ4v) is 7.68. The Kier molecular flexibility index (Phi) is 11.7. The number of amides is 2. The maximum atomic E-state index is 14.6. The van der Waals surface area contributed by atoms with Crippen molar-refractivity contribution in [3.05, 3.63) is 128 Å². The number of carbonyl (C=O) groups is 2. The fraction of sp³-hybridized carbons (Fsp3) is 0.278. The number of anilines is 1. The van der Waals surface area contributed by atoms with Crippen molar-refractivity contribution in [1.82, 2.24) is 10.2 Å². The smallest absolute Gasteiger partial charge is 0.264 e. The Labute approximate surface area is 295 Å². The molecule has 1 saturated carbocycles. The molecule has 0 spiro atoms. The Bertz CT molecular complexity index is 1800. The van der Waals surface area contributed by atoms with E-state index in [2.05, 4.69) is 21.2 Å². The van der Waals surface area contributed by atoms with E-state index in [9.17, 15) is 18.0 Å². The second kappa shape index (κ2) is 15.7. The zero-order valence-electron chi connectivity index (χ0n) is 25.9. The molecule has 1 aliphatic carbocycles. The molecule has 2 amide bonds. The number of hydrogen-bond donors (Lipinski definition) is 1. The SMILES string of the molecule is Cc1ccc(S(=O)(=O)N(CC(=O)N(Cc2ccc(Br)cc2)[C@H](Cc2ccccc2)C(=O)NC2CCCC2)c2ccc(Cl)c(Cl)c2)cc1. The monoisotopic (exact) mass is 755 g/mol. The molecule has 1 fully saturated rings. The van der Waals surface area contributed by atoms with E-state index in [0.29, 0.717) is 0 Å². The number of rotatable bonds is 12. The molecule has 0 heterocycles. The number of benzene rings is 4. The molecular formula is C36H36BrCl2N3O4S. The van der Waals surface area contributed by atoms with Gasteiger partial charge in [0.1, 0.15) is 12.6 Å². The van der Waals surface area contributed by atoms with Crippen molar-refractivity contribution in [1.29, 1.82) is 0 Å². The van der Waals surface area contributed by atoms with Gasteiger partial charge in [0.05, 0.1) is 20.6 Å². The third-order valence-corrected chi connectivity index (χ3v) is 11.4. The summed E-state index contributed by atoms with van der Waals surface area (Å²) in [5.74, 6) is -0.814. The minimum atomic E-state index is -4.25. The van der Waals surface area contributed by atoms with Crippen LogP contribution >= 0.6 is 39.1 Å². The van der Waals surface area contributed by atoms with Crippen LogP contribution < -0.4 is 9.62 Å². The molecule has 1 atom stereocenters. The predicted molar refractivity (Wildman–Crippen MR) is 191 cm³/mol. The van der Waals surface area contributed by atoms with Gasteiger partial charge in [0, 0.05) is 23.5 Å². The summed E-state index contributed by atoms with van der Waals surface area (Å²) in [4.78, 5) is 30.2. The van der Waals surface area contributed by atoms with Crippen LogP contribution in [-0.2, 0) is 32.6 Å². The van der Waals surface area contributed by atoms with Crippen LogP contribution in [0.2, 0.25) is 10.0 Å². The molecule has 0 saturated heterocycles. The zero-order valence-corrected chi connectivity index (χ0v) is 29.8. The quantitative estimate of drug-likeness (QED) is 0.159. The lowest BCUT2D eigenvalue weighted by Gasteiger charge is -2.34. The van der Waals surface area contributed by atoms with Crippen LogP contribution in [0.3, 0.4) is 0 Å². The lowest BCUT2D eigenvalue weighted by molar-refractivity contribution is -0.140. The molecule has 246 valence electrons. The summed E-state index contributed by atoms with van der Waals surface area (Å²) >= 11 is 16.0. The van der Waals surface area contributed by atoms with E-state index in [1.54, 1.807) is 12.1 Å². The maximum absolute atomic E-state index is 14.6. The Hall–Kier alpha value is -3.37. The van der Waals surface area contributed by atoms with Gasteiger partial charge in [0.25, 0.3) is 10.0 Å². The molecular weight excluding hydrogens is 721 g/mol. The Morgan fingerprint density at radius 1 is 0.872 bits per heavy atom. The largest absolute Gasteiger partial charge is 0.352 e. The van der Waals surface area contributed by atoms with E-state index >= 15 is 0 Å². The third-order valence-electron chi connectivity index (χ3n) is 8.32. The number of carbonyl (C=O) groups excluding carboxylic acids is 2. The topological polar surface area (TPSA) is 86.8 Å². The lowest BCUT2D eigenvalue weighted by atomic mass is 10.0. The molecule has 5 rings (SSSR count). The summed E-state index contributed by atoms with van der Waals surface area (Å²) in [6.45, 7) is 1.37. The molecule has 0 radical (unpaired) electrons. The van der Waals surface area contributed by atoms with Gasteiger partial charge in [-0.05, 0) is 73.4 Å². The average molecular weight is 758 g/mol. The molecule has 1 N–H and O–H groups in total. The van der Waals surface area contributed by atoms with Crippen molar-refractivity contribution in [3.8, 4) is 0 Å². The van der Waals surface area contributed by atoms with Crippen LogP contribution in [0.25, 0.3) is 0 Å². The fourth-order valence-electron chi connectivity index (χ4n) is 5.71. The number of nitrogens with one attached hydrogen (secondary N) is 1. The molecule has 0 aromatic heterocycles. The second-order valence-electron chi connectivity index (χ2n) is 11.8. The molecule has 11 heteroatoms. The number of hydrogen-bond acceptors (Lipinski definition) is 4. The van der Waals surface area contributed by atoms with Crippen molar-refractivity contribution >= 4 is 66.7 Å². The Morgan fingerprint density at radius 3 is 2.17 bits per heavy atom. The highest BCUT2D eigenvalue weighted by atomic mass is 79.9. The van der Waals surface area contributed by atoms with Crippen LogP contribution in [-0.4, -0.2) is 43.8 Å². The lowest BCUT2D eigenvalue weighted by Crippen LogP contribution is -2.54. The van der Waals surface area contributed by atoms with Crippen LogP contribution in [0, 0.1) is 6.92 Å². The Balaban J connectivity index is 1.57. The predicted octanol–water partition coefficient (Wildman–Crippen LogP) is 7.96. The summed E-state index contributed by atoms with van der Waals surface area (Å²) in [5.41, 5.74) is 2.72. The van der Waals surface area contributed by atoms with E-state index in [1.807, 2.05) is 61.5 Å². The highest BCUT2D eigenvalue weighted by molar-refractivity contribution is 9.10. The second-order valence-corrected chi connectivity index (χ2v) is 15.4. The molecule has 7 nitrogen and oxygen atoms in total. The highest BCUT2D eigenvalue weighted by Gasteiger charge is 2.35. The van der Waals surface area contributed by atoms with E-state index in [-0.39, 0.29) is 45.5 Å². The standard InChI is InChI=1S/C36H36BrCl2N3O4S/c1-25-11-18-31(19-12-25)47(45,46)42(30-17-20-32(38)33(39)22-30)24-35(43)41(23-27-13-15-28(37)16-14-27)34(21-26-7-3-2-4-8-26)36(44)40-29-9-5-6-10-29/h2-4,7-8,11-20,22,29,34H,5-6,9-10,21,23-24H2,1H3,(H,40,44)/t34-/m1/s1. The van der Waals surface area contributed by atoms with Crippen molar-refractivity contribution in [2.45, 2.75) is 62.6 Å². The van der Waals surface area contributed by atoms with Crippen molar-refractivity contribution in [2.24, 2.45) is 0 Å².